The summed E-state index contributed by atoms with van der Waals surface area (Å²) in [6.45, 7) is 5.37. The third-order valence-electron chi connectivity index (χ3n) is 2.92. The van der Waals surface area contributed by atoms with Gasteiger partial charge in [0.25, 0.3) is 5.91 Å². The molecule has 0 bridgehead atoms. The van der Waals surface area contributed by atoms with Crippen molar-refractivity contribution >= 4 is 5.91 Å². The zero-order valence-electron chi connectivity index (χ0n) is 12.3. The van der Waals surface area contributed by atoms with Crippen LogP contribution in [0, 0.1) is 0 Å². The van der Waals surface area contributed by atoms with Gasteiger partial charge in [0.1, 0.15) is 0 Å². The first-order valence-electron chi connectivity index (χ1n) is 7.04. The van der Waals surface area contributed by atoms with E-state index >= 15 is 0 Å². The maximum Gasteiger partial charge on any atom is 0.251 e. The Morgan fingerprint density at radius 2 is 1.90 bits per heavy atom. The van der Waals surface area contributed by atoms with Crippen LogP contribution in [0.3, 0.4) is 0 Å². The summed E-state index contributed by atoms with van der Waals surface area (Å²) in [5.74, 6) is 1.11. The van der Waals surface area contributed by atoms with Gasteiger partial charge in [0.05, 0.1) is 13.2 Å². The van der Waals surface area contributed by atoms with E-state index in [1.807, 2.05) is 32.3 Å². The van der Waals surface area contributed by atoms with Crippen molar-refractivity contribution < 1.29 is 14.3 Å². The van der Waals surface area contributed by atoms with Crippen LogP contribution in [0.25, 0.3) is 0 Å². The average molecular weight is 288 g/mol. The third-order valence-corrected chi connectivity index (χ3v) is 2.92. The molecule has 21 heavy (non-hydrogen) atoms. The van der Waals surface area contributed by atoms with Crippen molar-refractivity contribution in [3.05, 3.63) is 47.8 Å². The average Bonchev–Trinajstić information content (AvgIpc) is 3.00. The molecule has 1 aromatic carbocycles. The van der Waals surface area contributed by atoms with Crippen LogP contribution < -0.4 is 14.8 Å². The normalized spacial score (nSPS) is 10.2. The summed E-state index contributed by atoms with van der Waals surface area (Å²) in [5, 5.41) is 2.87. The second-order valence-electron chi connectivity index (χ2n) is 4.43. The highest BCUT2D eigenvalue weighted by molar-refractivity contribution is 5.94. The molecule has 2 aromatic rings. The minimum atomic E-state index is -0.139. The van der Waals surface area contributed by atoms with Gasteiger partial charge in [-0.25, -0.2) is 0 Å². The standard InChI is InChI=1S/C16H20N2O3/c1-3-20-14-6-5-13(9-15(14)21-4-2)16(19)18-11-12-7-8-17-10-12/h5-10,17H,3-4,11H2,1-2H3,(H,18,19). The maximum absolute atomic E-state index is 12.1. The Labute approximate surface area is 124 Å². The molecule has 5 heteroatoms. The van der Waals surface area contributed by atoms with Gasteiger partial charge in [0, 0.05) is 24.5 Å². The third kappa shape index (κ3) is 4.02. The number of aromatic amines is 1. The Kier molecular flexibility index (Phi) is 5.26. The van der Waals surface area contributed by atoms with Crippen molar-refractivity contribution in [2.45, 2.75) is 20.4 Å². The van der Waals surface area contributed by atoms with Crippen molar-refractivity contribution in [2.75, 3.05) is 13.2 Å². The molecule has 0 atom stereocenters. The first-order chi connectivity index (χ1) is 10.2. The summed E-state index contributed by atoms with van der Waals surface area (Å²) in [4.78, 5) is 15.1. The lowest BCUT2D eigenvalue weighted by Gasteiger charge is -2.12. The summed E-state index contributed by atoms with van der Waals surface area (Å²) in [6.07, 6.45) is 3.68. The number of rotatable bonds is 7. The van der Waals surface area contributed by atoms with Crippen molar-refractivity contribution in [1.82, 2.24) is 10.3 Å². The highest BCUT2D eigenvalue weighted by atomic mass is 16.5. The lowest BCUT2D eigenvalue weighted by molar-refractivity contribution is 0.0950. The molecule has 0 saturated heterocycles. The van der Waals surface area contributed by atoms with Crippen molar-refractivity contribution in [1.29, 1.82) is 0 Å². The summed E-state index contributed by atoms with van der Waals surface area (Å²) >= 11 is 0. The number of carbonyl (C=O) groups is 1. The molecule has 0 aliphatic carbocycles. The Balaban J connectivity index is 2.07. The molecule has 1 amide bonds. The molecule has 112 valence electrons. The van der Waals surface area contributed by atoms with Crippen LogP contribution in [0.1, 0.15) is 29.8 Å². The number of H-pyrrole nitrogens is 1. The van der Waals surface area contributed by atoms with E-state index in [2.05, 4.69) is 10.3 Å². The Morgan fingerprint density at radius 3 is 2.57 bits per heavy atom. The minimum absolute atomic E-state index is 0.139. The molecule has 2 rings (SSSR count). The van der Waals surface area contributed by atoms with E-state index in [-0.39, 0.29) is 5.91 Å². The van der Waals surface area contributed by atoms with Gasteiger partial charge in [-0.1, -0.05) is 0 Å². The van der Waals surface area contributed by atoms with E-state index in [0.29, 0.717) is 36.8 Å². The van der Waals surface area contributed by atoms with Gasteiger partial charge in [-0.2, -0.15) is 0 Å². The van der Waals surface area contributed by atoms with Gasteiger partial charge in [-0.05, 0) is 43.7 Å². The molecule has 1 heterocycles. The summed E-state index contributed by atoms with van der Waals surface area (Å²) in [7, 11) is 0. The molecule has 5 nitrogen and oxygen atoms in total. The van der Waals surface area contributed by atoms with Gasteiger partial charge < -0.3 is 19.8 Å². The minimum Gasteiger partial charge on any atom is -0.490 e. The van der Waals surface area contributed by atoms with Gasteiger partial charge in [-0.15, -0.1) is 0 Å². The summed E-state index contributed by atoms with van der Waals surface area (Å²) < 4.78 is 11.0. The second-order valence-corrected chi connectivity index (χ2v) is 4.43. The summed E-state index contributed by atoms with van der Waals surface area (Å²) in [5.41, 5.74) is 1.58. The maximum atomic E-state index is 12.1. The fraction of sp³-hybridized carbons (Fsp3) is 0.312. The van der Waals surface area contributed by atoms with E-state index in [4.69, 9.17) is 9.47 Å². The predicted octanol–water partition coefficient (Wildman–Crippen LogP) is 2.74. The number of hydrogen-bond donors (Lipinski definition) is 2. The van der Waals surface area contributed by atoms with Crippen LogP contribution in [-0.4, -0.2) is 24.1 Å². The molecule has 2 N–H and O–H groups in total. The van der Waals surface area contributed by atoms with Gasteiger partial charge >= 0.3 is 0 Å². The first kappa shape index (κ1) is 15.0. The summed E-state index contributed by atoms with van der Waals surface area (Å²) in [6, 6.07) is 7.13. The fourth-order valence-electron chi connectivity index (χ4n) is 1.95. The SMILES string of the molecule is CCOc1ccc(C(=O)NCc2cc[nH]c2)cc1OCC. The highest BCUT2D eigenvalue weighted by Crippen LogP contribution is 2.28. The van der Waals surface area contributed by atoms with E-state index in [1.54, 1.807) is 18.2 Å². The number of carbonyl (C=O) groups excluding carboxylic acids is 1. The van der Waals surface area contributed by atoms with Crippen molar-refractivity contribution in [3.8, 4) is 11.5 Å². The van der Waals surface area contributed by atoms with E-state index in [1.165, 1.54) is 0 Å². The van der Waals surface area contributed by atoms with E-state index in [0.717, 1.165) is 5.56 Å². The van der Waals surface area contributed by atoms with Crippen molar-refractivity contribution in [3.63, 3.8) is 0 Å². The van der Waals surface area contributed by atoms with Gasteiger partial charge in [0.2, 0.25) is 0 Å². The number of hydrogen-bond acceptors (Lipinski definition) is 3. The van der Waals surface area contributed by atoms with Crippen LogP contribution in [0.4, 0.5) is 0 Å². The van der Waals surface area contributed by atoms with Crippen LogP contribution in [0.15, 0.2) is 36.7 Å². The molecular formula is C16H20N2O3. The van der Waals surface area contributed by atoms with Crippen LogP contribution in [-0.2, 0) is 6.54 Å². The highest BCUT2D eigenvalue weighted by Gasteiger charge is 2.11. The van der Waals surface area contributed by atoms with E-state index < -0.39 is 0 Å². The Hall–Kier alpha value is -2.43. The quantitative estimate of drug-likeness (QED) is 0.823. The molecule has 0 radical (unpaired) electrons. The number of amides is 1. The largest absolute Gasteiger partial charge is 0.490 e. The number of ether oxygens (including phenoxy) is 2. The second kappa shape index (κ2) is 7.38. The Bertz CT molecular complexity index is 579. The molecule has 0 fully saturated rings. The topological polar surface area (TPSA) is 63.3 Å². The monoisotopic (exact) mass is 288 g/mol. The van der Waals surface area contributed by atoms with Gasteiger partial charge in [0.15, 0.2) is 11.5 Å². The zero-order chi connectivity index (χ0) is 15.1. The molecule has 0 aliphatic heterocycles. The smallest absolute Gasteiger partial charge is 0.251 e. The van der Waals surface area contributed by atoms with E-state index in [9.17, 15) is 4.79 Å². The van der Waals surface area contributed by atoms with Gasteiger partial charge in [-0.3, -0.25) is 4.79 Å². The molecule has 0 saturated carbocycles. The molecule has 0 spiro atoms. The first-order valence-corrected chi connectivity index (χ1v) is 7.04. The lowest BCUT2D eigenvalue weighted by Crippen LogP contribution is -2.22. The van der Waals surface area contributed by atoms with Crippen LogP contribution in [0.5, 0.6) is 11.5 Å². The number of aromatic nitrogens is 1. The number of nitrogens with one attached hydrogen (secondary N) is 2. The number of benzene rings is 1. The molecule has 1 aromatic heterocycles. The molecular weight excluding hydrogens is 268 g/mol. The molecule has 0 unspecified atom stereocenters. The fourth-order valence-corrected chi connectivity index (χ4v) is 1.95. The Morgan fingerprint density at radius 1 is 1.14 bits per heavy atom. The van der Waals surface area contributed by atoms with Crippen LogP contribution in [0.2, 0.25) is 0 Å². The van der Waals surface area contributed by atoms with Crippen molar-refractivity contribution in [2.24, 2.45) is 0 Å². The lowest BCUT2D eigenvalue weighted by atomic mass is 10.2. The molecule has 0 aliphatic rings. The zero-order valence-corrected chi connectivity index (χ0v) is 12.3. The van der Waals surface area contributed by atoms with Crippen LogP contribution >= 0.6 is 0 Å². The predicted molar refractivity (Wildman–Crippen MR) is 80.7 cm³/mol.